The van der Waals surface area contributed by atoms with E-state index >= 15 is 0 Å². The molecule has 2 N–H and O–H groups in total. The number of nitrogens with one attached hydrogen (secondary N) is 2. The quantitative estimate of drug-likeness (QED) is 0.149. The standard InChI is InChI=1S/C45H60N6O4/c1-28(21-30-9-10-30)26-50(42(52)54-44(3,4)5)29(2)40-46-24-37(48-40)35-17-13-33(14-18-35)34-15-19-36(20-16-34)38-25-47-41(49-38)39-23-32(22-31-11-12-31)27-51(39)43(53)55-45(6,7)8/h13-20,24-25,28-32,39H,9-12,21-23,26-27H2,1-8H3,(H,46,48)(H,47,49). The number of aromatic nitrogens is 4. The largest absolute Gasteiger partial charge is 0.444 e. The monoisotopic (exact) mass is 748 g/mol. The third-order valence-electron chi connectivity index (χ3n) is 11.0. The fourth-order valence-electron chi connectivity index (χ4n) is 7.92. The van der Waals surface area contributed by atoms with E-state index in [1.165, 1.54) is 32.1 Å². The van der Waals surface area contributed by atoms with Crippen LogP contribution in [0.1, 0.15) is 124 Å². The molecule has 2 amide bonds. The normalized spacial score (nSPS) is 20.0. The molecule has 294 valence electrons. The zero-order valence-corrected chi connectivity index (χ0v) is 34.0. The number of imidazole rings is 2. The summed E-state index contributed by atoms with van der Waals surface area (Å²) in [5, 5.41) is 0. The molecule has 4 unspecified atom stereocenters. The van der Waals surface area contributed by atoms with Crippen LogP contribution in [0.2, 0.25) is 0 Å². The van der Waals surface area contributed by atoms with Crippen LogP contribution in [0.3, 0.4) is 0 Å². The number of H-pyrrole nitrogens is 2. The van der Waals surface area contributed by atoms with Crippen molar-refractivity contribution in [1.29, 1.82) is 0 Å². The van der Waals surface area contributed by atoms with E-state index in [2.05, 4.69) is 65.4 Å². The molecule has 2 aliphatic carbocycles. The van der Waals surface area contributed by atoms with Crippen molar-refractivity contribution in [3.8, 4) is 33.6 Å². The van der Waals surface area contributed by atoms with Gasteiger partial charge in [-0.15, -0.1) is 0 Å². The lowest BCUT2D eigenvalue weighted by atomic mass is 9.99. The number of benzene rings is 2. The molecule has 0 bridgehead atoms. The first kappa shape index (κ1) is 38.7. The van der Waals surface area contributed by atoms with Gasteiger partial charge in [-0.3, -0.25) is 9.80 Å². The summed E-state index contributed by atoms with van der Waals surface area (Å²) in [6.45, 7) is 17.1. The van der Waals surface area contributed by atoms with E-state index in [0.29, 0.717) is 24.9 Å². The van der Waals surface area contributed by atoms with Crippen molar-refractivity contribution in [3.05, 3.63) is 72.6 Å². The highest BCUT2D eigenvalue weighted by Gasteiger charge is 2.41. The zero-order chi connectivity index (χ0) is 39.1. The van der Waals surface area contributed by atoms with E-state index in [0.717, 1.165) is 70.0 Å². The lowest BCUT2D eigenvalue weighted by Gasteiger charge is -2.32. The molecule has 2 aromatic carbocycles. The van der Waals surface area contributed by atoms with E-state index in [-0.39, 0.29) is 24.3 Å². The van der Waals surface area contributed by atoms with Gasteiger partial charge in [-0.1, -0.05) is 81.1 Å². The summed E-state index contributed by atoms with van der Waals surface area (Å²) in [7, 11) is 0. The Labute approximate surface area is 326 Å². The van der Waals surface area contributed by atoms with E-state index < -0.39 is 11.2 Å². The van der Waals surface area contributed by atoms with Crippen LogP contribution in [0, 0.1) is 23.7 Å². The summed E-state index contributed by atoms with van der Waals surface area (Å²) in [5.41, 5.74) is 4.99. The van der Waals surface area contributed by atoms with E-state index in [4.69, 9.17) is 19.4 Å². The van der Waals surface area contributed by atoms with E-state index in [1.807, 2.05) is 70.7 Å². The Kier molecular flexibility index (Phi) is 10.9. The maximum Gasteiger partial charge on any atom is 0.410 e. The van der Waals surface area contributed by atoms with Gasteiger partial charge in [0, 0.05) is 13.1 Å². The van der Waals surface area contributed by atoms with Gasteiger partial charge in [0.15, 0.2) is 0 Å². The number of ether oxygens (including phenoxy) is 2. The molecule has 3 fully saturated rings. The Morgan fingerprint density at radius 3 is 1.87 bits per heavy atom. The summed E-state index contributed by atoms with van der Waals surface area (Å²) in [4.78, 5) is 46.9. The first-order valence-electron chi connectivity index (χ1n) is 20.4. The summed E-state index contributed by atoms with van der Waals surface area (Å²) in [6.07, 6.45) is 11.6. The van der Waals surface area contributed by atoms with Crippen molar-refractivity contribution >= 4 is 12.2 Å². The molecule has 1 saturated heterocycles. The van der Waals surface area contributed by atoms with Gasteiger partial charge in [0.25, 0.3) is 0 Å². The molecular weight excluding hydrogens is 689 g/mol. The maximum absolute atomic E-state index is 13.4. The second-order valence-corrected chi connectivity index (χ2v) is 18.5. The molecule has 0 radical (unpaired) electrons. The molecule has 10 nitrogen and oxygen atoms in total. The Morgan fingerprint density at radius 1 is 0.764 bits per heavy atom. The minimum Gasteiger partial charge on any atom is -0.444 e. The SMILES string of the molecule is CC(CC1CC1)CN(C(=O)OC(C)(C)C)C(C)c1ncc(-c2ccc(-c3ccc(-c4cnc(C5CC(CC6CC6)CN5C(=O)OC(C)(C)C)[nH]4)cc3)cc2)[nH]1. The molecule has 4 aromatic rings. The first-order chi connectivity index (χ1) is 26.1. The van der Waals surface area contributed by atoms with Crippen molar-refractivity contribution < 1.29 is 19.1 Å². The number of hydrogen-bond donors (Lipinski definition) is 2. The Hall–Kier alpha value is -4.60. The van der Waals surface area contributed by atoms with Crippen molar-refractivity contribution in [3.63, 3.8) is 0 Å². The van der Waals surface area contributed by atoms with Gasteiger partial charge in [-0.25, -0.2) is 19.6 Å². The van der Waals surface area contributed by atoms with Crippen LogP contribution in [0.5, 0.6) is 0 Å². The van der Waals surface area contributed by atoms with Crippen LogP contribution >= 0.6 is 0 Å². The van der Waals surface area contributed by atoms with E-state index in [1.54, 1.807) is 0 Å². The molecular formula is C45H60N6O4. The molecule has 2 saturated carbocycles. The summed E-state index contributed by atoms with van der Waals surface area (Å²) >= 11 is 0. The molecule has 0 spiro atoms. The lowest BCUT2D eigenvalue weighted by molar-refractivity contribution is 0.0129. The molecule has 1 aliphatic heterocycles. The van der Waals surface area contributed by atoms with Gasteiger partial charge in [-0.2, -0.15) is 0 Å². The summed E-state index contributed by atoms with van der Waals surface area (Å²) < 4.78 is 11.6. The number of aromatic amines is 2. The fraction of sp³-hybridized carbons (Fsp3) is 0.556. The minimum atomic E-state index is -0.575. The first-order valence-corrected chi connectivity index (χ1v) is 20.4. The highest BCUT2D eigenvalue weighted by atomic mass is 16.6. The van der Waals surface area contributed by atoms with Gasteiger partial charge < -0.3 is 19.4 Å². The summed E-state index contributed by atoms with van der Waals surface area (Å²) in [6, 6.07) is 16.5. The third kappa shape index (κ3) is 9.99. The number of amides is 2. The average molecular weight is 749 g/mol. The van der Waals surface area contributed by atoms with Crippen LogP contribution in [0.15, 0.2) is 60.9 Å². The number of carbonyl (C=O) groups is 2. The topological polar surface area (TPSA) is 116 Å². The number of likely N-dealkylation sites (tertiary alicyclic amines) is 1. The Morgan fingerprint density at radius 2 is 1.31 bits per heavy atom. The number of rotatable bonds is 12. The van der Waals surface area contributed by atoms with Crippen molar-refractivity contribution in [2.45, 2.75) is 124 Å². The highest BCUT2D eigenvalue weighted by Crippen LogP contribution is 2.44. The van der Waals surface area contributed by atoms with E-state index in [9.17, 15) is 9.59 Å². The van der Waals surface area contributed by atoms with Crippen LogP contribution in [-0.4, -0.2) is 66.2 Å². The Bertz CT molecular complexity index is 1930. The maximum atomic E-state index is 13.4. The van der Waals surface area contributed by atoms with Gasteiger partial charge >= 0.3 is 12.2 Å². The Balaban J connectivity index is 1.01. The molecule has 3 aliphatic rings. The van der Waals surface area contributed by atoms with Crippen LogP contribution < -0.4 is 0 Å². The number of nitrogens with zero attached hydrogens (tertiary/aromatic N) is 4. The van der Waals surface area contributed by atoms with Gasteiger partial charge in [0.2, 0.25) is 0 Å². The lowest BCUT2D eigenvalue weighted by Crippen LogP contribution is -2.41. The number of carbonyl (C=O) groups excluding carboxylic acids is 2. The second-order valence-electron chi connectivity index (χ2n) is 18.5. The zero-order valence-electron chi connectivity index (χ0n) is 34.0. The van der Waals surface area contributed by atoms with Crippen molar-refractivity contribution in [2.75, 3.05) is 13.1 Å². The average Bonchev–Trinajstić information content (AvgIpc) is 3.93. The predicted molar refractivity (Wildman–Crippen MR) is 216 cm³/mol. The predicted octanol–water partition coefficient (Wildman–Crippen LogP) is 11.0. The van der Waals surface area contributed by atoms with Crippen LogP contribution in [0.4, 0.5) is 9.59 Å². The molecule has 2 aromatic heterocycles. The molecule has 7 rings (SSSR count). The molecule has 4 atom stereocenters. The van der Waals surface area contributed by atoms with Gasteiger partial charge in [0.1, 0.15) is 22.9 Å². The number of hydrogen-bond acceptors (Lipinski definition) is 6. The third-order valence-corrected chi connectivity index (χ3v) is 11.0. The molecule has 10 heteroatoms. The second kappa shape index (κ2) is 15.5. The van der Waals surface area contributed by atoms with Gasteiger partial charge in [0.05, 0.1) is 35.9 Å². The summed E-state index contributed by atoms with van der Waals surface area (Å²) in [5.74, 6) is 4.00. The molecule has 55 heavy (non-hydrogen) atoms. The van der Waals surface area contributed by atoms with Crippen LogP contribution in [0.25, 0.3) is 33.6 Å². The van der Waals surface area contributed by atoms with Crippen molar-refractivity contribution in [1.82, 2.24) is 29.7 Å². The minimum absolute atomic E-state index is 0.121. The molecule has 3 heterocycles. The smallest absolute Gasteiger partial charge is 0.410 e. The highest BCUT2D eigenvalue weighted by molar-refractivity contribution is 5.72. The van der Waals surface area contributed by atoms with Crippen LogP contribution in [-0.2, 0) is 9.47 Å². The fourth-order valence-corrected chi connectivity index (χ4v) is 7.92. The van der Waals surface area contributed by atoms with Crippen molar-refractivity contribution in [2.24, 2.45) is 23.7 Å². The van der Waals surface area contributed by atoms with Gasteiger partial charge in [-0.05, 0) is 114 Å².